The molecule has 0 aliphatic rings. The van der Waals surface area contributed by atoms with E-state index in [9.17, 15) is 4.79 Å². The first-order chi connectivity index (χ1) is 9.04. The topological polar surface area (TPSA) is 58.5 Å². The summed E-state index contributed by atoms with van der Waals surface area (Å²) in [4.78, 5) is 17.3. The van der Waals surface area contributed by atoms with Gasteiger partial charge in [0.2, 0.25) is 0 Å². The van der Waals surface area contributed by atoms with Crippen molar-refractivity contribution in [3.63, 3.8) is 0 Å². The van der Waals surface area contributed by atoms with Crippen LogP contribution in [0.4, 0.5) is 9.93 Å². The Balaban J connectivity index is 1.95. The van der Waals surface area contributed by atoms with E-state index in [4.69, 9.17) is 11.6 Å². The Morgan fingerprint density at radius 1 is 1.47 bits per heavy atom. The quantitative estimate of drug-likeness (QED) is 0.795. The highest BCUT2D eigenvalue weighted by Crippen LogP contribution is 2.28. The van der Waals surface area contributed by atoms with Gasteiger partial charge in [0.25, 0.3) is 0 Å². The minimum Gasteiger partial charge on any atom is -0.338 e. The molecule has 19 heavy (non-hydrogen) atoms. The van der Waals surface area contributed by atoms with Gasteiger partial charge in [-0.15, -0.1) is 0 Å². The minimum absolute atomic E-state index is 0.230. The smallest absolute Gasteiger partial charge is 0.321 e. The van der Waals surface area contributed by atoms with Gasteiger partial charge >= 0.3 is 6.03 Å². The van der Waals surface area contributed by atoms with Crippen LogP contribution in [-0.4, -0.2) is 38.2 Å². The second kappa shape index (κ2) is 6.18. The van der Waals surface area contributed by atoms with Crippen LogP contribution in [0.3, 0.4) is 0 Å². The van der Waals surface area contributed by atoms with Gasteiger partial charge in [-0.3, -0.25) is 5.32 Å². The highest BCUT2D eigenvalue weighted by atomic mass is 35.5. The van der Waals surface area contributed by atoms with Gasteiger partial charge in [0.1, 0.15) is 0 Å². The second-order valence-electron chi connectivity index (χ2n) is 4.47. The Morgan fingerprint density at radius 3 is 3.00 bits per heavy atom. The van der Waals surface area contributed by atoms with Crippen LogP contribution in [0.2, 0.25) is 5.02 Å². The zero-order valence-electron chi connectivity index (χ0n) is 10.8. The normalized spacial score (nSPS) is 10.9. The molecule has 2 aromatic rings. The van der Waals surface area contributed by atoms with Crippen LogP contribution in [0.15, 0.2) is 18.2 Å². The van der Waals surface area contributed by atoms with Crippen LogP contribution in [0.25, 0.3) is 10.2 Å². The summed E-state index contributed by atoms with van der Waals surface area (Å²) in [5, 5.41) is 6.76. The number of benzene rings is 1. The lowest BCUT2D eigenvalue weighted by molar-refractivity contribution is -0.856. The molecular weight excluding hydrogens is 284 g/mol. The number of thiazole rings is 1. The van der Waals surface area contributed by atoms with E-state index in [1.807, 2.05) is 26.2 Å². The number of carbonyl (C=O) groups is 1. The third-order valence-corrected chi connectivity index (χ3v) is 3.65. The minimum atomic E-state index is -0.230. The summed E-state index contributed by atoms with van der Waals surface area (Å²) < 4.78 is 0.959. The molecule has 3 N–H and O–H groups in total. The number of nitrogens with one attached hydrogen (secondary N) is 3. The molecule has 0 aliphatic carbocycles. The van der Waals surface area contributed by atoms with Crippen molar-refractivity contribution in [3.05, 3.63) is 23.2 Å². The molecule has 0 spiro atoms. The first kappa shape index (κ1) is 14.0. The molecule has 0 bridgehead atoms. The van der Waals surface area contributed by atoms with Gasteiger partial charge in [0.05, 0.1) is 37.4 Å². The number of halogens is 1. The van der Waals surface area contributed by atoms with Crippen LogP contribution >= 0.6 is 22.9 Å². The van der Waals surface area contributed by atoms with Crippen molar-refractivity contribution in [1.82, 2.24) is 10.3 Å². The zero-order chi connectivity index (χ0) is 13.8. The number of nitrogens with zero attached hydrogens (tertiary/aromatic N) is 1. The molecule has 1 aromatic heterocycles. The SMILES string of the molecule is C[NH+](C)CCNC(=O)Nc1nc2ccc(Cl)cc2s1. The van der Waals surface area contributed by atoms with E-state index >= 15 is 0 Å². The molecule has 5 nitrogen and oxygen atoms in total. The average Bonchev–Trinajstić information content (AvgIpc) is 2.69. The van der Waals surface area contributed by atoms with Crippen LogP contribution in [-0.2, 0) is 0 Å². The molecule has 0 fully saturated rings. The number of amides is 2. The Hall–Kier alpha value is -1.37. The van der Waals surface area contributed by atoms with Crippen molar-refractivity contribution in [2.45, 2.75) is 0 Å². The fourth-order valence-corrected chi connectivity index (χ4v) is 2.66. The van der Waals surface area contributed by atoms with Gasteiger partial charge in [-0.25, -0.2) is 9.78 Å². The molecule has 1 heterocycles. The maximum Gasteiger partial charge on any atom is 0.321 e. The van der Waals surface area contributed by atoms with Gasteiger partial charge in [-0.1, -0.05) is 22.9 Å². The van der Waals surface area contributed by atoms with Crippen molar-refractivity contribution in [2.24, 2.45) is 0 Å². The fourth-order valence-electron chi connectivity index (χ4n) is 1.52. The molecule has 7 heteroatoms. The first-order valence-corrected chi connectivity index (χ1v) is 7.14. The highest BCUT2D eigenvalue weighted by molar-refractivity contribution is 7.22. The largest absolute Gasteiger partial charge is 0.338 e. The van der Waals surface area contributed by atoms with Crippen LogP contribution in [0.5, 0.6) is 0 Å². The van der Waals surface area contributed by atoms with E-state index in [1.54, 1.807) is 6.07 Å². The molecule has 1 aromatic carbocycles. The number of fused-ring (bicyclic) bond motifs is 1. The van der Waals surface area contributed by atoms with Crippen LogP contribution < -0.4 is 15.5 Å². The van der Waals surface area contributed by atoms with Crippen LogP contribution in [0, 0.1) is 0 Å². The number of hydrogen-bond acceptors (Lipinski definition) is 3. The summed E-state index contributed by atoms with van der Waals surface area (Å²) in [5.41, 5.74) is 0.836. The summed E-state index contributed by atoms with van der Waals surface area (Å²) in [6, 6.07) is 5.24. The monoisotopic (exact) mass is 299 g/mol. The second-order valence-corrected chi connectivity index (χ2v) is 5.94. The molecular formula is C12H16ClN4OS+. The number of quaternary nitrogens is 1. The number of likely N-dealkylation sites (N-methyl/N-ethyl adjacent to an activating group) is 1. The average molecular weight is 300 g/mol. The molecule has 0 aliphatic heterocycles. The van der Waals surface area contributed by atoms with Crippen molar-refractivity contribution in [3.8, 4) is 0 Å². The third kappa shape index (κ3) is 4.05. The van der Waals surface area contributed by atoms with E-state index in [2.05, 4.69) is 15.6 Å². The third-order valence-electron chi connectivity index (χ3n) is 2.48. The number of hydrogen-bond donors (Lipinski definition) is 3. The molecule has 0 saturated carbocycles. The first-order valence-electron chi connectivity index (χ1n) is 5.94. The lowest BCUT2D eigenvalue weighted by Gasteiger charge is -2.08. The summed E-state index contributed by atoms with van der Waals surface area (Å²) >= 11 is 7.32. The molecule has 0 unspecified atom stereocenters. The number of carbonyl (C=O) groups excluding carboxylic acids is 1. The van der Waals surface area contributed by atoms with Crippen molar-refractivity contribution < 1.29 is 9.69 Å². The predicted octanol–water partition coefficient (Wildman–Crippen LogP) is 1.22. The molecule has 2 amide bonds. The van der Waals surface area contributed by atoms with Gasteiger partial charge in [0.15, 0.2) is 5.13 Å². The summed E-state index contributed by atoms with van der Waals surface area (Å²) in [6.45, 7) is 1.51. The summed E-state index contributed by atoms with van der Waals surface area (Å²) in [6.07, 6.45) is 0. The number of anilines is 1. The van der Waals surface area contributed by atoms with E-state index in [0.29, 0.717) is 16.7 Å². The molecule has 0 radical (unpaired) electrons. The molecule has 102 valence electrons. The maximum atomic E-state index is 11.6. The van der Waals surface area contributed by atoms with Crippen molar-refractivity contribution in [2.75, 3.05) is 32.5 Å². The molecule has 2 rings (SSSR count). The maximum absolute atomic E-state index is 11.6. The van der Waals surface area contributed by atoms with E-state index < -0.39 is 0 Å². The standard InChI is InChI=1S/C12H15ClN4OS/c1-17(2)6-5-14-11(18)16-12-15-9-4-3-8(13)7-10(9)19-12/h3-4,7H,5-6H2,1-2H3,(H2,14,15,16,18)/p+1. The Morgan fingerprint density at radius 2 is 2.26 bits per heavy atom. The summed E-state index contributed by atoms with van der Waals surface area (Å²) in [7, 11) is 4.08. The number of urea groups is 1. The Labute approximate surface area is 120 Å². The lowest BCUT2D eigenvalue weighted by atomic mass is 10.3. The zero-order valence-corrected chi connectivity index (χ0v) is 12.4. The Kier molecular flexibility index (Phi) is 4.57. The molecule has 0 saturated heterocycles. The van der Waals surface area contributed by atoms with Gasteiger partial charge in [-0.05, 0) is 18.2 Å². The van der Waals surface area contributed by atoms with Crippen molar-refractivity contribution in [1.29, 1.82) is 0 Å². The van der Waals surface area contributed by atoms with E-state index in [0.717, 1.165) is 16.8 Å². The van der Waals surface area contributed by atoms with Crippen molar-refractivity contribution >= 4 is 44.3 Å². The fraction of sp³-hybridized carbons (Fsp3) is 0.333. The summed E-state index contributed by atoms with van der Waals surface area (Å²) in [5.74, 6) is 0. The molecule has 0 atom stereocenters. The number of aromatic nitrogens is 1. The van der Waals surface area contributed by atoms with Crippen LogP contribution in [0.1, 0.15) is 0 Å². The van der Waals surface area contributed by atoms with E-state index in [1.165, 1.54) is 16.2 Å². The number of rotatable bonds is 4. The van der Waals surface area contributed by atoms with Gasteiger partial charge in [-0.2, -0.15) is 0 Å². The van der Waals surface area contributed by atoms with Gasteiger partial charge < -0.3 is 10.2 Å². The predicted molar refractivity (Wildman–Crippen MR) is 79.3 cm³/mol. The highest BCUT2D eigenvalue weighted by Gasteiger charge is 2.07. The van der Waals surface area contributed by atoms with E-state index in [-0.39, 0.29) is 6.03 Å². The lowest BCUT2D eigenvalue weighted by Crippen LogP contribution is -3.06. The van der Waals surface area contributed by atoms with Gasteiger partial charge in [0, 0.05) is 5.02 Å². The Bertz CT molecular complexity index is 584.